The van der Waals surface area contributed by atoms with Crippen LogP contribution in [0.2, 0.25) is 0 Å². The number of fused-ring (bicyclic) bond motifs is 1. The van der Waals surface area contributed by atoms with Gasteiger partial charge in [0.25, 0.3) is 0 Å². The minimum Gasteiger partial charge on any atom is -0.477 e. The second-order valence-electron chi connectivity index (χ2n) is 6.31. The maximum Gasteiger partial charge on any atom is 0.341 e. The van der Waals surface area contributed by atoms with E-state index in [1.165, 1.54) is 6.20 Å². The van der Waals surface area contributed by atoms with Gasteiger partial charge in [0, 0.05) is 19.3 Å². The van der Waals surface area contributed by atoms with Crippen LogP contribution in [-0.2, 0) is 6.54 Å². The Morgan fingerprint density at radius 2 is 2.29 bits per heavy atom. The molecule has 1 unspecified atom stereocenters. The fourth-order valence-electron chi connectivity index (χ4n) is 3.43. The van der Waals surface area contributed by atoms with Gasteiger partial charge in [-0.25, -0.2) is 9.78 Å². The maximum atomic E-state index is 12.4. The second kappa shape index (κ2) is 7.03. The molecule has 2 aromatic heterocycles. The van der Waals surface area contributed by atoms with Gasteiger partial charge in [0.15, 0.2) is 0 Å². The van der Waals surface area contributed by atoms with Crippen LogP contribution < -0.4 is 5.43 Å². The third-order valence-electron chi connectivity index (χ3n) is 4.53. The van der Waals surface area contributed by atoms with E-state index in [1.54, 1.807) is 12.3 Å². The number of nitrogens with zero attached hydrogens (tertiary/aromatic N) is 3. The lowest BCUT2D eigenvalue weighted by molar-refractivity contribution is 0.0694. The smallest absolute Gasteiger partial charge is 0.341 e. The van der Waals surface area contributed by atoms with E-state index in [4.69, 9.17) is 0 Å². The Kier molecular flexibility index (Phi) is 5.01. The molecule has 24 heavy (non-hydrogen) atoms. The van der Waals surface area contributed by atoms with Gasteiger partial charge in [0.2, 0.25) is 5.43 Å². The predicted molar refractivity (Wildman–Crippen MR) is 95.5 cm³/mol. The average molecular weight is 394 g/mol. The minimum atomic E-state index is -1.19. The number of carbonyl (C=O) groups is 1. The molecule has 1 fully saturated rings. The molecule has 128 valence electrons. The van der Waals surface area contributed by atoms with Crippen molar-refractivity contribution in [1.29, 1.82) is 0 Å². The van der Waals surface area contributed by atoms with Crippen molar-refractivity contribution in [2.24, 2.45) is 5.92 Å². The first kappa shape index (κ1) is 17.1. The van der Waals surface area contributed by atoms with Gasteiger partial charge in [-0.05, 0) is 53.8 Å². The van der Waals surface area contributed by atoms with Crippen LogP contribution in [0.4, 0.5) is 0 Å². The number of carboxylic acids is 1. The number of pyridine rings is 2. The molecule has 0 aliphatic carbocycles. The standard InChI is InChI=1S/C17H20BrN3O3/c1-2-4-20-5-3-11(8-20)9-21-10-13(17(23)24)16(22)12-6-15(18)19-7-14(12)21/h6-7,10-11H,2-5,8-9H2,1H3,(H,23,24). The van der Waals surface area contributed by atoms with Crippen molar-refractivity contribution in [1.82, 2.24) is 14.5 Å². The topological polar surface area (TPSA) is 75.4 Å². The van der Waals surface area contributed by atoms with Crippen molar-refractivity contribution in [2.75, 3.05) is 19.6 Å². The van der Waals surface area contributed by atoms with E-state index in [0.29, 0.717) is 28.0 Å². The normalized spacial score (nSPS) is 18.3. The molecule has 3 rings (SSSR count). The van der Waals surface area contributed by atoms with Gasteiger partial charge in [-0.1, -0.05) is 6.92 Å². The molecule has 0 bridgehead atoms. The molecule has 0 radical (unpaired) electrons. The average Bonchev–Trinajstić information content (AvgIpc) is 2.97. The van der Waals surface area contributed by atoms with Gasteiger partial charge in [-0.3, -0.25) is 4.79 Å². The van der Waals surface area contributed by atoms with Gasteiger partial charge in [0.05, 0.1) is 17.1 Å². The van der Waals surface area contributed by atoms with E-state index >= 15 is 0 Å². The van der Waals surface area contributed by atoms with Gasteiger partial charge < -0.3 is 14.6 Å². The Hall–Kier alpha value is -1.73. The number of halogens is 1. The molecular weight excluding hydrogens is 374 g/mol. The van der Waals surface area contributed by atoms with E-state index < -0.39 is 11.4 Å². The predicted octanol–water partition coefficient (Wildman–Crippen LogP) is 2.59. The zero-order valence-corrected chi connectivity index (χ0v) is 15.1. The van der Waals surface area contributed by atoms with E-state index in [-0.39, 0.29) is 5.56 Å². The zero-order chi connectivity index (χ0) is 17.3. The van der Waals surface area contributed by atoms with Crippen LogP contribution in [0.1, 0.15) is 30.1 Å². The van der Waals surface area contributed by atoms with Gasteiger partial charge in [0.1, 0.15) is 10.2 Å². The van der Waals surface area contributed by atoms with Crippen molar-refractivity contribution < 1.29 is 9.90 Å². The summed E-state index contributed by atoms with van der Waals surface area (Å²) in [5, 5.41) is 9.73. The summed E-state index contributed by atoms with van der Waals surface area (Å²) in [7, 11) is 0. The molecule has 3 heterocycles. The molecular formula is C17H20BrN3O3. The van der Waals surface area contributed by atoms with Crippen molar-refractivity contribution in [2.45, 2.75) is 26.3 Å². The van der Waals surface area contributed by atoms with E-state index in [1.807, 2.05) is 4.57 Å². The zero-order valence-electron chi connectivity index (χ0n) is 13.5. The summed E-state index contributed by atoms with van der Waals surface area (Å²) in [4.78, 5) is 30.5. The fraction of sp³-hybridized carbons (Fsp3) is 0.471. The number of likely N-dealkylation sites (tertiary alicyclic amines) is 1. The molecule has 1 saturated heterocycles. The molecule has 0 aromatic carbocycles. The number of aromatic nitrogens is 2. The van der Waals surface area contributed by atoms with Gasteiger partial charge in [-0.15, -0.1) is 0 Å². The highest BCUT2D eigenvalue weighted by Gasteiger charge is 2.23. The van der Waals surface area contributed by atoms with Crippen LogP contribution in [0.25, 0.3) is 10.9 Å². The van der Waals surface area contributed by atoms with Gasteiger partial charge in [-0.2, -0.15) is 0 Å². The molecule has 6 nitrogen and oxygen atoms in total. The molecule has 1 N–H and O–H groups in total. The largest absolute Gasteiger partial charge is 0.477 e. The third-order valence-corrected chi connectivity index (χ3v) is 4.96. The van der Waals surface area contributed by atoms with Crippen LogP contribution in [0, 0.1) is 5.92 Å². The molecule has 0 saturated carbocycles. The molecule has 1 atom stereocenters. The highest BCUT2D eigenvalue weighted by Crippen LogP contribution is 2.22. The molecule has 2 aromatic rings. The number of aromatic carboxylic acids is 1. The van der Waals surface area contributed by atoms with E-state index in [2.05, 4.69) is 32.7 Å². The summed E-state index contributed by atoms with van der Waals surface area (Å²) in [5.41, 5.74) is 0.0297. The minimum absolute atomic E-state index is 0.191. The summed E-state index contributed by atoms with van der Waals surface area (Å²) < 4.78 is 2.40. The van der Waals surface area contributed by atoms with Gasteiger partial charge >= 0.3 is 5.97 Å². The number of rotatable bonds is 5. The van der Waals surface area contributed by atoms with Crippen LogP contribution in [-0.4, -0.2) is 45.2 Å². The van der Waals surface area contributed by atoms with E-state index in [9.17, 15) is 14.7 Å². The lowest BCUT2D eigenvalue weighted by Gasteiger charge is -2.18. The summed E-state index contributed by atoms with van der Waals surface area (Å²) in [6.07, 6.45) is 5.31. The lowest BCUT2D eigenvalue weighted by Crippen LogP contribution is -2.24. The first-order valence-corrected chi connectivity index (χ1v) is 8.93. The highest BCUT2D eigenvalue weighted by molar-refractivity contribution is 9.10. The first-order chi connectivity index (χ1) is 11.5. The SMILES string of the molecule is CCCN1CCC(Cn2cc(C(=O)O)c(=O)c3cc(Br)ncc32)C1. The first-order valence-electron chi connectivity index (χ1n) is 8.14. The van der Waals surface area contributed by atoms with Crippen molar-refractivity contribution in [3.05, 3.63) is 38.9 Å². The Morgan fingerprint density at radius 3 is 3.00 bits per heavy atom. The summed E-state index contributed by atoms with van der Waals surface area (Å²) in [5.74, 6) is -0.741. The Balaban J connectivity index is 1.99. The van der Waals surface area contributed by atoms with Crippen LogP contribution in [0.15, 0.2) is 27.9 Å². The number of hydrogen-bond donors (Lipinski definition) is 1. The highest BCUT2D eigenvalue weighted by atomic mass is 79.9. The van der Waals surface area contributed by atoms with Crippen molar-refractivity contribution in [3.63, 3.8) is 0 Å². The van der Waals surface area contributed by atoms with E-state index in [0.717, 1.165) is 32.5 Å². The van der Waals surface area contributed by atoms with Crippen LogP contribution >= 0.6 is 15.9 Å². The molecule has 0 amide bonds. The molecule has 7 heteroatoms. The second-order valence-corrected chi connectivity index (χ2v) is 7.12. The monoisotopic (exact) mass is 393 g/mol. The van der Waals surface area contributed by atoms with Crippen LogP contribution in [0.3, 0.4) is 0 Å². The quantitative estimate of drug-likeness (QED) is 0.790. The Labute approximate surface area is 148 Å². The Morgan fingerprint density at radius 1 is 1.50 bits per heavy atom. The maximum absolute atomic E-state index is 12.4. The Bertz CT molecular complexity index is 834. The van der Waals surface area contributed by atoms with Crippen molar-refractivity contribution >= 4 is 32.8 Å². The number of carboxylic acid groups (broad SMARTS) is 1. The lowest BCUT2D eigenvalue weighted by atomic mass is 10.1. The number of hydrogen-bond acceptors (Lipinski definition) is 4. The van der Waals surface area contributed by atoms with Crippen molar-refractivity contribution in [3.8, 4) is 0 Å². The molecule has 1 aliphatic rings. The third kappa shape index (κ3) is 3.37. The summed E-state index contributed by atoms with van der Waals surface area (Å²) in [6.45, 7) is 6.04. The fourth-order valence-corrected chi connectivity index (χ4v) is 3.76. The van der Waals surface area contributed by atoms with Crippen LogP contribution in [0.5, 0.6) is 0 Å². The summed E-state index contributed by atoms with van der Waals surface area (Å²) >= 11 is 3.25. The molecule has 1 aliphatic heterocycles. The summed E-state index contributed by atoms with van der Waals surface area (Å²) in [6, 6.07) is 1.60. The molecule has 0 spiro atoms.